The molecule has 0 aliphatic heterocycles. The SMILES string of the molecule is CN(C(=O)O)c1cc(-c2ccccc2)cc(S(=O)(=O)c2cnc(CNC(=O)OC(C)(C)C)s2)c1. The minimum Gasteiger partial charge on any atom is -0.465 e. The van der Waals surface area contributed by atoms with E-state index in [1.54, 1.807) is 26.8 Å². The molecule has 0 spiro atoms. The quantitative estimate of drug-likeness (QED) is 0.496. The first kappa shape index (κ1) is 25.2. The molecule has 1 aromatic heterocycles. The van der Waals surface area contributed by atoms with E-state index in [1.165, 1.54) is 25.4 Å². The number of hydrogen-bond acceptors (Lipinski definition) is 7. The zero-order valence-corrected chi connectivity index (χ0v) is 20.7. The number of carbonyl (C=O) groups is 2. The van der Waals surface area contributed by atoms with E-state index in [9.17, 15) is 23.1 Å². The van der Waals surface area contributed by atoms with E-state index < -0.39 is 27.6 Å². The molecule has 0 radical (unpaired) electrons. The van der Waals surface area contributed by atoms with Gasteiger partial charge < -0.3 is 15.2 Å². The first-order chi connectivity index (χ1) is 15.9. The van der Waals surface area contributed by atoms with E-state index in [0.717, 1.165) is 21.8 Å². The highest BCUT2D eigenvalue weighted by Crippen LogP contribution is 2.33. The van der Waals surface area contributed by atoms with Crippen molar-refractivity contribution in [3.63, 3.8) is 0 Å². The molecule has 3 rings (SSSR count). The maximum Gasteiger partial charge on any atom is 0.411 e. The van der Waals surface area contributed by atoms with Crippen molar-refractivity contribution in [2.24, 2.45) is 0 Å². The Morgan fingerprint density at radius 1 is 1.12 bits per heavy atom. The van der Waals surface area contributed by atoms with E-state index >= 15 is 0 Å². The van der Waals surface area contributed by atoms with Crippen molar-refractivity contribution < 1.29 is 27.9 Å². The number of carbonyl (C=O) groups excluding carboxylic acids is 1. The summed E-state index contributed by atoms with van der Waals surface area (Å²) >= 11 is 0.918. The number of rotatable bonds is 6. The van der Waals surface area contributed by atoms with Crippen LogP contribution in [0, 0.1) is 0 Å². The molecule has 0 aliphatic carbocycles. The molecular formula is C23H25N3O6S2. The van der Waals surface area contributed by atoms with Crippen molar-refractivity contribution in [2.75, 3.05) is 11.9 Å². The lowest BCUT2D eigenvalue weighted by Gasteiger charge is -2.19. The van der Waals surface area contributed by atoms with Crippen molar-refractivity contribution in [1.29, 1.82) is 0 Å². The van der Waals surface area contributed by atoms with Crippen LogP contribution in [0.1, 0.15) is 25.8 Å². The second-order valence-electron chi connectivity index (χ2n) is 8.36. The second-order valence-corrected chi connectivity index (χ2v) is 11.6. The Bertz CT molecular complexity index is 1300. The van der Waals surface area contributed by atoms with Crippen molar-refractivity contribution in [2.45, 2.75) is 42.0 Å². The van der Waals surface area contributed by atoms with Gasteiger partial charge in [0.1, 0.15) is 14.8 Å². The number of carboxylic acid groups (broad SMARTS) is 1. The largest absolute Gasteiger partial charge is 0.465 e. The molecule has 0 unspecified atom stereocenters. The number of thiazole rings is 1. The number of alkyl carbamates (subject to hydrolysis) is 1. The fraction of sp³-hybridized carbons (Fsp3) is 0.261. The van der Waals surface area contributed by atoms with Crippen LogP contribution in [-0.2, 0) is 21.1 Å². The normalized spacial score (nSPS) is 11.6. The number of aromatic nitrogens is 1. The zero-order chi connectivity index (χ0) is 25.1. The van der Waals surface area contributed by atoms with E-state index in [2.05, 4.69) is 10.3 Å². The maximum absolute atomic E-state index is 13.4. The maximum atomic E-state index is 13.4. The molecule has 3 aromatic rings. The highest BCUT2D eigenvalue weighted by molar-refractivity contribution is 7.93. The van der Waals surface area contributed by atoms with Crippen LogP contribution in [0.4, 0.5) is 15.3 Å². The molecule has 9 nitrogen and oxygen atoms in total. The van der Waals surface area contributed by atoms with E-state index in [0.29, 0.717) is 10.6 Å². The van der Waals surface area contributed by atoms with Gasteiger partial charge in [0.15, 0.2) is 0 Å². The molecular weight excluding hydrogens is 478 g/mol. The average Bonchev–Trinajstić information content (AvgIpc) is 3.26. The molecule has 2 amide bonds. The van der Waals surface area contributed by atoms with Crippen LogP contribution in [0.15, 0.2) is 63.8 Å². The Morgan fingerprint density at radius 2 is 1.79 bits per heavy atom. The first-order valence-corrected chi connectivity index (χ1v) is 12.5. The summed E-state index contributed by atoms with van der Waals surface area (Å²) in [5, 5.41) is 12.3. The third kappa shape index (κ3) is 6.12. The van der Waals surface area contributed by atoms with Gasteiger partial charge in [-0.15, -0.1) is 11.3 Å². The smallest absolute Gasteiger partial charge is 0.411 e. The van der Waals surface area contributed by atoms with E-state index in [1.807, 2.05) is 30.3 Å². The van der Waals surface area contributed by atoms with Gasteiger partial charge in [0.05, 0.1) is 17.6 Å². The van der Waals surface area contributed by atoms with Gasteiger partial charge in [0.25, 0.3) is 0 Å². The molecule has 0 aliphatic rings. The molecule has 34 heavy (non-hydrogen) atoms. The van der Waals surface area contributed by atoms with Crippen molar-refractivity contribution in [3.05, 3.63) is 59.7 Å². The number of benzene rings is 2. The summed E-state index contributed by atoms with van der Waals surface area (Å²) in [6.45, 7) is 5.22. The van der Waals surface area contributed by atoms with E-state index in [4.69, 9.17) is 4.74 Å². The third-order valence-electron chi connectivity index (χ3n) is 4.56. The second kappa shape index (κ2) is 9.82. The highest BCUT2D eigenvalue weighted by Gasteiger charge is 2.24. The van der Waals surface area contributed by atoms with Crippen molar-refractivity contribution in [3.8, 4) is 11.1 Å². The number of ether oxygens (including phenoxy) is 1. The van der Waals surface area contributed by atoms with Crippen molar-refractivity contribution >= 4 is 39.0 Å². The number of anilines is 1. The van der Waals surface area contributed by atoms with Gasteiger partial charge in [-0.05, 0) is 50.1 Å². The fourth-order valence-corrected chi connectivity index (χ4v) is 5.50. The molecule has 0 bridgehead atoms. The van der Waals surface area contributed by atoms with Gasteiger partial charge in [0, 0.05) is 12.7 Å². The Morgan fingerprint density at radius 3 is 2.41 bits per heavy atom. The monoisotopic (exact) mass is 503 g/mol. The van der Waals surface area contributed by atoms with Gasteiger partial charge in [-0.25, -0.2) is 23.0 Å². The summed E-state index contributed by atoms with van der Waals surface area (Å²) in [4.78, 5) is 28.4. The van der Waals surface area contributed by atoms with Crippen LogP contribution < -0.4 is 10.2 Å². The number of hydrogen-bond donors (Lipinski definition) is 2. The van der Waals surface area contributed by atoms with Crippen LogP contribution in [0.3, 0.4) is 0 Å². The van der Waals surface area contributed by atoms with Crippen molar-refractivity contribution in [1.82, 2.24) is 10.3 Å². The van der Waals surface area contributed by atoms with Gasteiger partial charge in [0.2, 0.25) is 9.84 Å². The van der Waals surface area contributed by atoms with Gasteiger partial charge in [-0.1, -0.05) is 30.3 Å². The predicted octanol–water partition coefficient (Wildman–Crippen LogP) is 4.78. The summed E-state index contributed by atoms with van der Waals surface area (Å²) < 4.78 is 31.9. The summed E-state index contributed by atoms with van der Waals surface area (Å²) in [5.41, 5.74) is 0.850. The lowest BCUT2D eigenvalue weighted by molar-refractivity contribution is 0.0523. The fourth-order valence-electron chi connectivity index (χ4n) is 2.92. The molecule has 2 N–H and O–H groups in total. The zero-order valence-electron chi connectivity index (χ0n) is 19.1. The molecule has 0 fully saturated rings. The lowest BCUT2D eigenvalue weighted by atomic mass is 10.1. The number of amides is 2. The molecule has 1 heterocycles. The summed E-state index contributed by atoms with van der Waals surface area (Å²) in [6, 6.07) is 13.5. The van der Waals surface area contributed by atoms with Gasteiger partial charge in [-0.2, -0.15) is 0 Å². The van der Waals surface area contributed by atoms with E-state index in [-0.39, 0.29) is 21.3 Å². The number of nitrogens with one attached hydrogen (secondary N) is 1. The highest BCUT2D eigenvalue weighted by atomic mass is 32.2. The molecule has 0 saturated carbocycles. The van der Waals surface area contributed by atoms with Crippen LogP contribution >= 0.6 is 11.3 Å². The average molecular weight is 504 g/mol. The number of sulfone groups is 1. The minimum atomic E-state index is -4.01. The van der Waals surface area contributed by atoms with Gasteiger partial charge in [-0.3, -0.25) is 4.90 Å². The first-order valence-electron chi connectivity index (χ1n) is 10.2. The molecule has 11 heteroatoms. The third-order valence-corrected chi connectivity index (χ3v) is 7.75. The molecule has 0 atom stereocenters. The van der Waals surface area contributed by atoms with Crippen LogP contribution in [0.5, 0.6) is 0 Å². The van der Waals surface area contributed by atoms with Gasteiger partial charge >= 0.3 is 12.2 Å². The Hall–Kier alpha value is -3.44. The Balaban J connectivity index is 1.93. The minimum absolute atomic E-state index is 0.00611. The standard InChI is InChI=1S/C23H25N3O6S2/c1-23(2,3)32-21(27)25-13-19-24-14-20(33-19)34(30,31)18-11-16(15-8-6-5-7-9-15)10-17(12-18)26(4)22(28)29/h5-12,14H,13H2,1-4H3,(H,25,27)(H,28,29). The summed E-state index contributed by atoms with van der Waals surface area (Å²) in [5.74, 6) is 0. The number of nitrogens with zero attached hydrogens (tertiary/aromatic N) is 2. The molecule has 180 valence electrons. The molecule has 2 aromatic carbocycles. The van der Waals surface area contributed by atoms with Crippen LogP contribution in [0.2, 0.25) is 0 Å². The Kier molecular flexibility index (Phi) is 7.27. The predicted molar refractivity (Wildman–Crippen MR) is 129 cm³/mol. The Labute approximate surface area is 201 Å². The van der Waals surface area contributed by atoms with Crippen LogP contribution in [0.25, 0.3) is 11.1 Å². The summed E-state index contributed by atoms with van der Waals surface area (Å²) in [7, 11) is -2.66. The van der Waals surface area contributed by atoms with Crippen LogP contribution in [-0.4, -0.2) is 43.3 Å². The summed E-state index contributed by atoms with van der Waals surface area (Å²) in [6.07, 6.45) is -0.632. The topological polar surface area (TPSA) is 126 Å². The molecule has 0 saturated heterocycles. The lowest BCUT2D eigenvalue weighted by Crippen LogP contribution is -2.32.